The molecule has 0 aliphatic heterocycles. The van der Waals surface area contributed by atoms with Crippen molar-refractivity contribution in [2.24, 2.45) is 0 Å². The average molecular weight is 480 g/mol. The van der Waals surface area contributed by atoms with Crippen molar-refractivity contribution < 1.29 is 4.79 Å². The predicted molar refractivity (Wildman–Crippen MR) is 142 cm³/mol. The number of fused-ring (bicyclic) bond motifs is 3. The SMILES string of the molecule is Cc1cc(C)cc(C(C(=O)NC(C)(C)C)n2c(=O)c3c(-c4ccccc4)nnn3c3ccccc32)c1. The van der Waals surface area contributed by atoms with Gasteiger partial charge in [-0.1, -0.05) is 77.0 Å². The lowest BCUT2D eigenvalue weighted by atomic mass is 9.98. The molecule has 0 saturated heterocycles. The quantitative estimate of drug-likeness (QED) is 0.400. The minimum atomic E-state index is -0.885. The Balaban J connectivity index is 1.89. The monoisotopic (exact) mass is 479 g/mol. The Bertz CT molecular complexity index is 1640. The van der Waals surface area contributed by atoms with Gasteiger partial charge in [0.05, 0.1) is 11.0 Å². The summed E-state index contributed by atoms with van der Waals surface area (Å²) in [6.07, 6.45) is 0. The van der Waals surface area contributed by atoms with Crippen LogP contribution in [-0.4, -0.2) is 30.8 Å². The van der Waals surface area contributed by atoms with Gasteiger partial charge in [0.25, 0.3) is 5.56 Å². The molecule has 0 radical (unpaired) electrons. The number of benzene rings is 3. The van der Waals surface area contributed by atoms with Crippen LogP contribution in [0.1, 0.15) is 43.5 Å². The predicted octanol–water partition coefficient (Wildman–Crippen LogP) is 4.83. The van der Waals surface area contributed by atoms with Gasteiger partial charge in [0, 0.05) is 11.1 Å². The number of nitrogens with zero attached hydrogens (tertiary/aromatic N) is 4. The molecule has 0 aliphatic carbocycles. The molecule has 0 saturated carbocycles. The van der Waals surface area contributed by atoms with Crippen molar-refractivity contribution in [3.05, 3.63) is 99.8 Å². The van der Waals surface area contributed by atoms with Crippen LogP contribution in [0.5, 0.6) is 0 Å². The van der Waals surface area contributed by atoms with Gasteiger partial charge in [-0.05, 0) is 52.3 Å². The van der Waals surface area contributed by atoms with Crippen LogP contribution in [0.25, 0.3) is 27.8 Å². The molecule has 5 rings (SSSR count). The van der Waals surface area contributed by atoms with Crippen molar-refractivity contribution in [3.63, 3.8) is 0 Å². The molecule has 182 valence electrons. The molecular formula is C29H29N5O2. The van der Waals surface area contributed by atoms with Crippen molar-refractivity contribution in [3.8, 4) is 11.3 Å². The molecule has 0 aliphatic rings. The van der Waals surface area contributed by atoms with Crippen LogP contribution in [0.15, 0.2) is 77.6 Å². The zero-order chi connectivity index (χ0) is 25.6. The van der Waals surface area contributed by atoms with Crippen LogP contribution in [0.3, 0.4) is 0 Å². The molecule has 5 aromatic rings. The fraction of sp³-hybridized carbons (Fsp3) is 0.241. The number of para-hydroxylation sites is 2. The van der Waals surface area contributed by atoms with Crippen molar-refractivity contribution >= 4 is 22.5 Å². The van der Waals surface area contributed by atoms with E-state index in [-0.39, 0.29) is 11.5 Å². The van der Waals surface area contributed by atoms with Gasteiger partial charge >= 0.3 is 0 Å². The standard InChI is InChI=1S/C29H29N5O2/c1-18-15-19(2)17-21(16-18)25(27(35)30-29(3,4)5)33-22-13-9-10-14-23(22)34-26(28(33)36)24(31-32-34)20-11-7-6-8-12-20/h6-17,25H,1-5H3,(H,30,35). The summed E-state index contributed by atoms with van der Waals surface area (Å²) >= 11 is 0. The summed E-state index contributed by atoms with van der Waals surface area (Å²) in [5.74, 6) is -0.252. The Labute approximate surface area is 209 Å². The first-order valence-corrected chi connectivity index (χ1v) is 12.0. The van der Waals surface area contributed by atoms with Gasteiger partial charge in [-0.3, -0.25) is 14.2 Å². The molecule has 2 aromatic heterocycles. The van der Waals surface area contributed by atoms with Gasteiger partial charge in [0.1, 0.15) is 11.7 Å². The molecule has 36 heavy (non-hydrogen) atoms. The molecule has 2 heterocycles. The number of amides is 1. The minimum Gasteiger partial charge on any atom is -0.349 e. The third-order valence-corrected chi connectivity index (χ3v) is 6.07. The third kappa shape index (κ3) is 4.17. The molecule has 7 nitrogen and oxygen atoms in total. The Hall–Kier alpha value is -4.26. The molecule has 1 atom stereocenters. The number of hydrogen-bond acceptors (Lipinski definition) is 4. The summed E-state index contributed by atoms with van der Waals surface area (Å²) in [6, 6.07) is 22.1. The molecule has 1 amide bonds. The normalized spacial score (nSPS) is 12.7. The largest absolute Gasteiger partial charge is 0.349 e. The topological polar surface area (TPSA) is 81.3 Å². The van der Waals surface area contributed by atoms with E-state index in [1.165, 1.54) is 0 Å². The average Bonchev–Trinajstić information content (AvgIpc) is 3.26. The number of hydrogen-bond donors (Lipinski definition) is 1. The second-order valence-corrected chi connectivity index (χ2v) is 10.3. The van der Waals surface area contributed by atoms with Crippen LogP contribution in [0.4, 0.5) is 0 Å². The fourth-order valence-electron chi connectivity index (χ4n) is 4.78. The highest BCUT2D eigenvalue weighted by molar-refractivity contribution is 5.89. The molecule has 0 bridgehead atoms. The van der Waals surface area contributed by atoms with E-state index in [1.807, 2.05) is 101 Å². The second kappa shape index (κ2) is 8.75. The van der Waals surface area contributed by atoms with Crippen LogP contribution in [0.2, 0.25) is 0 Å². The van der Waals surface area contributed by atoms with Crippen LogP contribution < -0.4 is 10.9 Å². The van der Waals surface area contributed by atoms with Gasteiger partial charge in [0.15, 0.2) is 5.52 Å². The molecule has 1 N–H and O–H groups in total. The van der Waals surface area contributed by atoms with E-state index < -0.39 is 11.6 Å². The molecule has 3 aromatic carbocycles. The summed E-state index contributed by atoms with van der Waals surface area (Å²) in [5.41, 5.74) is 4.88. The zero-order valence-corrected chi connectivity index (χ0v) is 21.1. The van der Waals surface area contributed by atoms with Crippen molar-refractivity contribution in [1.82, 2.24) is 24.7 Å². The molecular weight excluding hydrogens is 450 g/mol. The second-order valence-electron chi connectivity index (χ2n) is 10.3. The lowest BCUT2D eigenvalue weighted by molar-refractivity contribution is -0.124. The van der Waals surface area contributed by atoms with Crippen LogP contribution in [0, 0.1) is 13.8 Å². The third-order valence-electron chi connectivity index (χ3n) is 6.07. The number of carbonyl (C=O) groups excluding carboxylic acids is 1. The highest BCUT2D eigenvalue weighted by Gasteiger charge is 2.31. The Morgan fingerprint density at radius 2 is 1.50 bits per heavy atom. The van der Waals surface area contributed by atoms with Gasteiger partial charge in [-0.25, -0.2) is 4.52 Å². The van der Waals surface area contributed by atoms with E-state index in [2.05, 4.69) is 21.7 Å². The van der Waals surface area contributed by atoms with E-state index in [4.69, 9.17) is 0 Å². The minimum absolute atomic E-state index is 0.252. The lowest BCUT2D eigenvalue weighted by Gasteiger charge is -2.28. The maximum Gasteiger partial charge on any atom is 0.280 e. The van der Waals surface area contributed by atoms with E-state index in [1.54, 1.807) is 9.08 Å². The highest BCUT2D eigenvalue weighted by Crippen LogP contribution is 2.28. The first-order valence-electron chi connectivity index (χ1n) is 12.0. The van der Waals surface area contributed by atoms with Gasteiger partial charge in [-0.15, -0.1) is 5.10 Å². The maximum absolute atomic E-state index is 14.3. The summed E-state index contributed by atoms with van der Waals surface area (Å²) in [7, 11) is 0. The Morgan fingerprint density at radius 1 is 0.889 bits per heavy atom. The molecule has 0 fully saturated rings. The van der Waals surface area contributed by atoms with E-state index in [0.717, 1.165) is 22.3 Å². The number of aromatic nitrogens is 4. The van der Waals surface area contributed by atoms with Crippen LogP contribution in [-0.2, 0) is 4.79 Å². The van der Waals surface area contributed by atoms with Gasteiger partial charge in [-0.2, -0.15) is 0 Å². The molecule has 7 heteroatoms. The highest BCUT2D eigenvalue weighted by atomic mass is 16.2. The maximum atomic E-state index is 14.3. The number of aryl methyl sites for hydroxylation is 2. The first-order chi connectivity index (χ1) is 17.1. The molecule has 1 unspecified atom stereocenters. The van der Waals surface area contributed by atoms with Crippen molar-refractivity contribution in [2.45, 2.75) is 46.2 Å². The molecule has 0 spiro atoms. The zero-order valence-electron chi connectivity index (χ0n) is 21.1. The Morgan fingerprint density at radius 3 is 2.14 bits per heavy atom. The Kier molecular flexibility index (Phi) is 5.71. The number of nitrogens with one attached hydrogen (secondary N) is 1. The number of rotatable bonds is 4. The van der Waals surface area contributed by atoms with Crippen molar-refractivity contribution in [1.29, 1.82) is 0 Å². The number of carbonyl (C=O) groups is 1. The first kappa shape index (κ1) is 23.5. The summed E-state index contributed by atoms with van der Waals surface area (Å²) in [5, 5.41) is 11.8. The van der Waals surface area contributed by atoms with Crippen LogP contribution >= 0.6 is 0 Å². The van der Waals surface area contributed by atoms with E-state index in [0.29, 0.717) is 22.2 Å². The summed E-state index contributed by atoms with van der Waals surface area (Å²) in [6.45, 7) is 9.78. The summed E-state index contributed by atoms with van der Waals surface area (Å²) in [4.78, 5) is 28.2. The lowest BCUT2D eigenvalue weighted by Crippen LogP contribution is -2.46. The smallest absolute Gasteiger partial charge is 0.280 e. The fourth-order valence-corrected chi connectivity index (χ4v) is 4.78. The van der Waals surface area contributed by atoms with E-state index in [9.17, 15) is 9.59 Å². The summed E-state index contributed by atoms with van der Waals surface area (Å²) < 4.78 is 3.17. The van der Waals surface area contributed by atoms with Gasteiger partial charge < -0.3 is 5.32 Å². The van der Waals surface area contributed by atoms with E-state index >= 15 is 0 Å². The van der Waals surface area contributed by atoms with Crippen molar-refractivity contribution in [2.75, 3.05) is 0 Å². The van der Waals surface area contributed by atoms with Gasteiger partial charge in [0.2, 0.25) is 5.91 Å².